The SMILES string of the molecule is CCOc1cc(C(O)C(C)C(=O)OC(C)(C)C)ccc1O. The predicted octanol–water partition coefficient (Wildman–Crippen LogP) is 2.80. The van der Waals surface area contributed by atoms with Gasteiger partial charge in [0.25, 0.3) is 0 Å². The Morgan fingerprint density at radius 3 is 2.48 bits per heavy atom. The Labute approximate surface area is 125 Å². The quantitative estimate of drug-likeness (QED) is 0.817. The Morgan fingerprint density at radius 1 is 1.33 bits per heavy atom. The van der Waals surface area contributed by atoms with E-state index in [2.05, 4.69) is 0 Å². The van der Waals surface area contributed by atoms with Gasteiger partial charge in [-0.05, 0) is 52.3 Å². The number of phenols is 1. The lowest BCUT2D eigenvalue weighted by Crippen LogP contribution is -2.30. The molecule has 0 bridgehead atoms. The fraction of sp³-hybridized carbons (Fsp3) is 0.562. The second-order valence-corrected chi connectivity index (χ2v) is 5.93. The minimum absolute atomic E-state index is 0.00211. The van der Waals surface area contributed by atoms with E-state index in [9.17, 15) is 15.0 Å². The third-order valence-corrected chi connectivity index (χ3v) is 2.88. The maximum absolute atomic E-state index is 12.0. The van der Waals surface area contributed by atoms with E-state index in [1.807, 2.05) is 0 Å². The zero-order valence-electron chi connectivity index (χ0n) is 13.2. The van der Waals surface area contributed by atoms with Crippen molar-refractivity contribution in [3.8, 4) is 11.5 Å². The Bertz CT molecular complexity index is 490. The minimum atomic E-state index is -1.03. The van der Waals surface area contributed by atoms with Crippen LogP contribution in [-0.4, -0.2) is 28.4 Å². The molecule has 5 nitrogen and oxygen atoms in total. The van der Waals surface area contributed by atoms with Gasteiger partial charge in [0.15, 0.2) is 11.5 Å². The number of hydrogen-bond acceptors (Lipinski definition) is 5. The van der Waals surface area contributed by atoms with Crippen molar-refractivity contribution < 1.29 is 24.5 Å². The standard InChI is InChI=1S/C16H24O5/c1-6-20-13-9-11(7-8-12(13)17)14(18)10(2)15(19)21-16(3,4)5/h7-10,14,17-18H,6H2,1-5H3. The molecule has 21 heavy (non-hydrogen) atoms. The first-order valence-electron chi connectivity index (χ1n) is 7.02. The van der Waals surface area contributed by atoms with Gasteiger partial charge in [-0.2, -0.15) is 0 Å². The zero-order chi connectivity index (χ0) is 16.2. The largest absolute Gasteiger partial charge is 0.504 e. The van der Waals surface area contributed by atoms with Crippen LogP contribution in [0.5, 0.6) is 11.5 Å². The summed E-state index contributed by atoms with van der Waals surface area (Å²) in [6.07, 6.45) is -1.03. The molecule has 2 unspecified atom stereocenters. The van der Waals surface area contributed by atoms with Gasteiger partial charge >= 0.3 is 5.97 Å². The first kappa shape index (κ1) is 17.3. The zero-order valence-corrected chi connectivity index (χ0v) is 13.2. The lowest BCUT2D eigenvalue weighted by atomic mass is 9.97. The molecular weight excluding hydrogens is 272 g/mol. The average molecular weight is 296 g/mol. The van der Waals surface area contributed by atoms with Gasteiger partial charge in [-0.15, -0.1) is 0 Å². The van der Waals surface area contributed by atoms with Gasteiger partial charge in [-0.3, -0.25) is 4.79 Å². The van der Waals surface area contributed by atoms with Crippen molar-refractivity contribution >= 4 is 5.97 Å². The number of phenolic OH excluding ortho intramolecular Hbond substituents is 1. The first-order valence-corrected chi connectivity index (χ1v) is 7.02. The van der Waals surface area contributed by atoms with Crippen molar-refractivity contribution in [3.05, 3.63) is 23.8 Å². The number of aliphatic hydroxyl groups is 1. The van der Waals surface area contributed by atoms with Crippen LogP contribution >= 0.6 is 0 Å². The summed E-state index contributed by atoms with van der Waals surface area (Å²) in [5, 5.41) is 20.0. The van der Waals surface area contributed by atoms with E-state index in [4.69, 9.17) is 9.47 Å². The summed E-state index contributed by atoms with van der Waals surface area (Å²) in [7, 11) is 0. The third kappa shape index (κ3) is 4.93. The van der Waals surface area contributed by atoms with Gasteiger partial charge in [-0.25, -0.2) is 0 Å². The van der Waals surface area contributed by atoms with Crippen LogP contribution < -0.4 is 4.74 Å². The molecule has 0 saturated carbocycles. The molecule has 0 fully saturated rings. The minimum Gasteiger partial charge on any atom is -0.504 e. The molecule has 2 N–H and O–H groups in total. The monoisotopic (exact) mass is 296 g/mol. The molecule has 0 radical (unpaired) electrons. The summed E-state index contributed by atoms with van der Waals surface area (Å²) >= 11 is 0. The number of aromatic hydroxyl groups is 1. The number of ether oxygens (including phenoxy) is 2. The van der Waals surface area contributed by atoms with Crippen molar-refractivity contribution in [2.45, 2.75) is 46.3 Å². The first-order chi connectivity index (χ1) is 9.65. The van der Waals surface area contributed by atoms with Crippen LogP contribution in [0, 0.1) is 5.92 Å². The number of benzene rings is 1. The fourth-order valence-corrected chi connectivity index (χ4v) is 1.80. The van der Waals surface area contributed by atoms with Gasteiger partial charge in [0.1, 0.15) is 5.60 Å². The van der Waals surface area contributed by atoms with Crippen LogP contribution in [0.3, 0.4) is 0 Å². The number of carbonyl (C=O) groups excluding carboxylic acids is 1. The lowest BCUT2D eigenvalue weighted by molar-refractivity contribution is -0.163. The molecule has 0 heterocycles. The second kappa shape index (κ2) is 6.80. The highest BCUT2D eigenvalue weighted by Crippen LogP contribution is 2.32. The van der Waals surface area contributed by atoms with Crippen LogP contribution in [0.2, 0.25) is 0 Å². The summed E-state index contributed by atoms with van der Waals surface area (Å²) in [5.74, 6) is -0.910. The normalized spacial score (nSPS) is 14.4. The van der Waals surface area contributed by atoms with Gasteiger partial charge in [-0.1, -0.05) is 6.07 Å². The van der Waals surface area contributed by atoms with E-state index in [1.165, 1.54) is 12.1 Å². The van der Waals surface area contributed by atoms with E-state index in [0.717, 1.165) is 0 Å². The molecule has 0 aliphatic heterocycles. The molecule has 0 spiro atoms. The number of aliphatic hydroxyl groups excluding tert-OH is 1. The Hall–Kier alpha value is -1.75. The molecule has 1 aromatic carbocycles. The van der Waals surface area contributed by atoms with Crippen molar-refractivity contribution in [1.29, 1.82) is 0 Å². The molecule has 1 aromatic rings. The third-order valence-electron chi connectivity index (χ3n) is 2.88. The molecule has 0 aliphatic carbocycles. The summed E-state index contributed by atoms with van der Waals surface area (Å²) in [6.45, 7) is 9.12. The molecule has 0 aromatic heterocycles. The summed E-state index contributed by atoms with van der Waals surface area (Å²) in [4.78, 5) is 12.0. The maximum atomic E-state index is 12.0. The van der Waals surface area contributed by atoms with Gasteiger partial charge in [0.05, 0.1) is 18.6 Å². The van der Waals surface area contributed by atoms with E-state index in [1.54, 1.807) is 40.7 Å². The Morgan fingerprint density at radius 2 is 1.95 bits per heavy atom. The van der Waals surface area contributed by atoms with Gasteiger partial charge in [0, 0.05) is 0 Å². The molecule has 1 rings (SSSR count). The summed E-state index contributed by atoms with van der Waals surface area (Å²) in [6, 6.07) is 4.53. The molecule has 5 heteroatoms. The molecule has 0 saturated heterocycles. The van der Waals surface area contributed by atoms with Crippen molar-refractivity contribution in [2.24, 2.45) is 5.92 Å². The van der Waals surface area contributed by atoms with E-state index in [0.29, 0.717) is 12.2 Å². The smallest absolute Gasteiger partial charge is 0.312 e. The van der Waals surface area contributed by atoms with Crippen molar-refractivity contribution in [2.75, 3.05) is 6.61 Å². The highest BCUT2D eigenvalue weighted by atomic mass is 16.6. The number of hydrogen-bond donors (Lipinski definition) is 2. The average Bonchev–Trinajstić information content (AvgIpc) is 2.38. The van der Waals surface area contributed by atoms with E-state index in [-0.39, 0.29) is 11.5 Å². The van der Waals surface area contributed by atoms with Crippen molar-refractivity contribution in [1.82, 2.24) is 0 Å². The number of rotatable bonds is 5. The maximum Gasteiger partial charge on any atom is 0.312 e. The summed E-state index contributed by atoms with van der Waals surface area (Å²) < 4.78 is 10.5. The second-order valence-electron chi connectivity index (χ2n) is 5.93. The number of carbonyl (C=O) groups is 1. The number of esters is 1. The molecule has 0 amide bonds. The van der Waals surface area contributed by atoms with Crippen LogP contribution in [-0.2, 0) is 9.53 Å². The van der Waals surface area contributed by atoms with Crippen LogP contribution in [0.1, 0.15) is 46.3 Å². The molecular formula is C16H24O5. The molecule has 2 atom stereocenters. The van der Waals surface area contributed by atoms with Crippen LogP contribution in [0.4, 0.5) is 0 Å². The molecule has 0 aliphatic rings. The highest BCUT2D eigenvalue weighted by Gasteiger charge is 2.28. The topological polar surface area (TPSA) is 76.0 Å². The fourth-order valence-electron chi connectivity index (χ4n) is 1.80. The Balaban J connectivity index is 2.89. The van der Waals surface area contributed by atoms with Crippen molar-refractivity contribution in [3.63, 3.8) is 0 Å². The van der Waals surface area contributed by atoms with E-state index >= 15 is 0 Å². The predicted molar refractivity (Wildman–Crippen MR) is 79.2 cm³/mol. The van der Waals surface area contributed by atoms with E-state index < -0.39 is 23.6 Å². The van der Waals surface area contributed by atoms with Crippen LogP contribution in [0.15, 0.2) is 18.2 Å². The Kier molecular flexibility index (Phi) is 5.61. The van der Waals surface area contributed by atoms with Gasteiger partial charge in [0.2, 0.25) is 0 Å². The van der Waals surface area contributed by atoms with Crippen LogP contribution in [0.25, 0.3) is 0 Å². The van der Waals surface area contributed by atoms with Gasteiger partial charge < -0.3 is 19.7 Å². The molecule has 118 valence electrons. The lowest BCUT2D eigenvalue weighted by Gasteiger charge is -2.25. The summed E-state index contributed by atoms with van der Waals surface area (Å²) in [5.41, 5.74) is -0.106. The highest BCUT2D eigenvalue weighted by molar-refractivity contribution is 5.73.